The number of rotatable bonds is 5. The molecule has 0 aliphatic carbocycles. The van der Waals surface area contributed by atoms with E-state index in [0.29, 0.717) is 34.4 Å². The van der Waals surface area contributed by atoms with Gasteiger partial charge in [-0.2, -0.15) is 0 Å². The van der Waals surface area contributed by atoms with Crippen LogP contribution in [0.4, 0.5) is 0 Å². The maximum absolute atomic E-state index is 11.5. The molecule has 0 bridgehead atoms. The number of carbonyl (C=O) groups is 1. The van der Waals surface area contributed by atoms with Crippen molar-refractivity contribution in [3.05, 3.63) is 64.3 Å². The second-order valence-corrected chi connectivity index (χ2v) is 10.4. The molecule has 0 unspecified atom stereocenters. The molecule has 1 saturated heterocycles. The summed E-state index contributed by atoms with van der Waals surface area (Å²) in [6, 6.07) is 15.9. The molecule has 1 aromatic carbocycles. The van der Waals surface area contributed by atoms with Crippen LogP contribution >= 0.6 is 22.9 Å². The Hall–Kier alpha value is -2.65. The summed E-state index contributed by atoms with van der Waals surface area (Å²) in [5.41, 5.74) is 7.52. The van der Waals surface area contributed by atoms with Crippen LogP contribution in [0.2, 0.25) is 4.34 Å². The molecule has 0 atom stereocenters. The first kappa shape index (κ1) is 24.5. The molecule has 0 amide bonds. The quantitative estimate of drug-likeness (QED) is 0.371. The first-order chi connectivity index (χ1) is 16.3. The fourth-order valence-corrected chi connectivity index (χ4v) is 5.10. The van der Waals surface area contributed by atoms with Crippen molar-refractivity contribution < 1.29 is 14.4 Å². The minimum Gasteiger partial charge on any atom is -0.477 e. The van der Waals surface area contributed by atoms with Gasteiger partial charge >= 0.3 is 5.97 Å². The normalized spacial score (nSPS) is 15.0. The van der Waals surface area contributed by atoms with Gasteiger partial charge in [-0.05, 0) is 64.0 Å². The molecule has 0 spiro atoms. The van der Waals surface area contributed by atoms with Crippen molar-refractivity contribution in [2.24, 2.45) is 5.73 Å². The van der Waals surface area contributed by atoms with Gasteiger partial charge in [-0.25, -0.2) is 4.79 Å². The molecular weight excluding hydrogens is 472 g/mol. The Morgan fingerprint density at radius 3 is 2.62 bits per heavy atom. The summed E-state index contributed by atoms with van der Waals surface area (Å²) < 4.78 is 7.78. The van der Waals surface area contributed by atoms with Gasteiger partial charge in [-0.3, -0.25) is 0 Å². The van der Waals surface area contributed by atoms with E-state index in [0.717, 1.165) is 15.8 Å². The van der Waals surface area contributed by atoms with E-state index in [1.54, 1.807) is 16.7 Å². The van der Waals surface area contributed by atoms with Crippen LogP contribution in [0.3, 0.4) is 0 Å². The Kier molecular flexibility index (Phi) is 7.73. The van der Waals surface area contributed by atoms with Crippen LogP contribution in [0.1, 0.15) is 42.9 Å². The van der Waals surface area contributed by atoms with Gasteiger partial charge in [0.25, 0.3) is 0 Å². The third-order valence-electron chi connectivity index (χ3n) is 6.03. The Labute approximate surface area is 207 Å². The molecule has 1 fully saturated rings. The van der Waals surface area contributed by atoms with Crippen LogP contribution < -0.4 is 5.73 Å². The Morgan fingerprint density at radius 1 is 1.24 bits per heavy atom. The van der Waals surface area contributed by atoms with Gasteiger partial charge in [0.15, 0.2) is 5.76 Å². The number of nitrogens with zero attached hydrogens (tertiary/aromatic N) is 3. The van der Waals surface area contributed by atoms with Gasteiger partial charge < -0.3 is 24.8 Å². The lowest BCUT2D eigenvalue weighted by Crippen LogP contribution is -2.42. The highest BCUT2D eigenvalue weighted by Gasteiger charge is 2.18. The molecule has 0 saturated carbocycles. The number of nitrogens with two attached hydrogens (primary N) is 1. The number of hydrogen-bond donors (Lipinski definition) is 2. The zero-order valence-corrected chi connectivity index (χ0v) is 20.9. The molecule has 34 heavy (non-hydrogen) atoms. The minimum atomic E-state index is -0.976. The van der Waals surface area contributed by atoms with E-state index in [2.05, 4.69) is 23.9 Å². The van der Waals surface area contributed by atoms with Crippen LogP contribution in [-0.2, 0) is 6.54 Å². The molecule has 180 valence electrons. The number of para-hydroxylation sites is 1. The van der Waals surface area contributed by atoms with Crippen molar-refractivity contribution in [1.82, 2.24) is 14.6 Å². The Morgan fingerprint density at radius 2 is 1.97 bits per heavy atom. The molecule has 5 rings (SSSR count). The third kappa shape index (κ3) is 5.70. The largest absolute Gasteiger partial charge is 0.477 e. The maximum atomic E-state index is 11.5. The lowest BCUT2D eigenvalue weighted by atomic mass is 10.1. The lowest BCUT2D eigenvalue weighted by molar-refractivity contribution is 0.0686. The second kappa shape index (κ2) is 10.7. The number of thiophene rings is 1. The zero-order chi connectivity index (χ0) is 24.2. The summed E-state index contributed by atoms with van der Waals surface area (Å²) in [7, 11) is 0. The molecule has 1 aliphatic heterocycles. The molecule has 0 radical (unpaired) electrons. The van der Waals surface area contributed by atoms with Crippen molar-refractivity contribution in [2.45, 2.75) is 45.3 Å². The fourth-order valence-electron chi connectivity index (χ4n) is 4.11. The number of benzene rings is 1. The van der Waals surface area contributed by atoms with Crippen LogP contribution in [0.25, 0.3) is 21.5 Å². The average Bonchev–Trinajstić information content (AvgIpc) is 3.54. The summed E-state index contributed by atoms with van der Waals surface area (Å²) in [5.74, 6) is -0.394. The van der Waals surface area contributed by atoms with Crippen LogP contribution in [0, 0.1) is 0 Å². The molecule has 3 N–H and O–H groups in total. The van der Waals surface area contributed by atoms with E-state index >= 15 is 0 Å². The van der Waals surface area contributed by atoms with E-state index in [1.165, 1.54) is 37.3 Å². The summed E-state index contributed by atoms with van der Waals surface area (Å²) in [4.78, 5) is 14.9. The highest BCUT2D eigenvalue weighted by molar-refractivity contribution is 7.19. The predicted octanol–water partition coefficient (Wildman–Crippen LogP) is 5.58. The topological polar surface area (TPSA) is 97.5 Å². The van der Waals surface area contributed by atoms with Gasteiger partial charge in [0.2, 0.25) is 0 Å². The summed E-state index contributed by atoms with van der Waals surface area (Å²) >= 11 is 7.36. The van der Waals surface area contributed by atoms with Crippen molar-refractivity contribution in [3.63, 3.8) is 0 Å². The number of aromatic nitrogens is 2. The van der Waals surface area contributed by atoms with E-state index < -0.39 is 5.97 Å². The molecular formula is C25H29ClN4O3S. The van der Waals surface area contributed by atoms with Crippen molar-refractivity contribution in [3.8, 4) is 10.6 Å². The van der Waals surface area contributed by atoms with Crippen molar-refractivity contribution >= 4 is 39.8 Å². The summed E-state index contributed by atoms with van der Waals surface area (Å²) in [5, 5.41) is 14.4. The van der Waals surface area contributed by atoms with Crippen molar-refractivity contribution in [1.29, 1.82) is 0 Å². The lowest BCUT2D eigenvalue weighted by Gasteiger charge is -2.32. The molecule has 4 aromatic rings. The van der Waals surface area contributed by atoms with Gasteiger partial charge in [0.1, 0.15) is 11.4 Å². The smallest absolute Gasteiger partial charge is 0.352 e. The van der Waals surface area contributed by atoms with Crippen LogP contribution in [0.15, 0.2) is 53.1 Å². The molecule has 7 nitrogen and oxygen atoms in total. The second-order valence-electron chi connectivity index (χ2n) is 8.73. The molecule has 1 aliphatic rings. The van der Waals surface area contributed by atoms with E-state index in [-0.39, 0.29) is 5.69 Å². The fraction of sp³-hybridized carbons (Fsp3) is 0.360. The molecule has 4 heterocycles. The van der Waals surface area contributed by atoms with Gasteiger partial charge in [-0.1, -0.05) is 35.0 Å². The van der Waals surface area contributed by atoms with Crippen molar-refractivity contribution in [2.75, 3.05) is 13.1 Å². The Bertz CT molecular complexity index is 1250. The predicted molar refractivity (Wildman–Crippen MR) is 137 cm³/mol. The molecule has 9 heteroatoms. The monoisotopic (exact) mass is 500 g/mol. The maximum Gasteiger partial charge on any atom is 0.352 e. The highest BCUT2D eigenvalue weighted by atomic mass is 35.5. The zero-order valence-electron chi connectivity index (χ0n) is 19.3. The number of fused-ring (bicyclic) bond motifs is 1. The van der Waals surface area contributed by atoms with E-state index in [4.69, 9.17) is 21.9 Å². The number of aromatic carboxylic acids is 1. The number of carboxylic acids is 1. The van der Waals surface area contributed by atoms with Crippen LogP contribution in [0.5, 0.6) is 0 Å². The van der Waals surface area contributed by atoms with E-state index in [1.807, 2.05) is 36.4 Å². The first-order valence-corrected chi connectivity index (χ1v) is 12.5. The SMILES string of the molecule is CC(C)N1CCC(N)CC1.O=C(O)c1cc2ccccc2n1Cc1cc(-c2ccc(Cl)s2)no1. The van der Waals surface area contributed by atoms with E-state index in [9.17, 15) is 9.90 Å². The first-order valence-electron chi connectivity index (χ1n) is 11.3. The number of carboxylic acid groups (broad SMARTS) is 1. The van der Waals surface area contributed by atoms with Gasteiger partial charge in [-0.15, -0.1) is 11.3 Å². The Balaban J connectivity index is 0.000000231. The molecule has 3 aromatic heterocycles. The standard InChI is InChI=1S/C17H11ClN2O3S.C8H18N2/c18-16-6-5-15(24-16)12-8-11(23-19-12)9-20-13-4-2-1-3-10(13)7-14(20)17(21)22;1-7(2)10-5-3-8(9)4-6-10/h1-8H,9H2,(H,21,22);7-8H,3-6,9H2,1-2H3. The number of likely N-dealkylation sites (tertiary alicyclic amines) is 1. The number of piperidine rings is 1. The third-order valence-corrected chi connectivity index (χ3v) is 7.29. The van der Waals surface area contributed by atoms with Gasteiger partial charge in [0, 0.05) is 29.1 Å². The number of hydrogen-bond acceptors (Lipinski definition) is 6. The highest BCUT2D eigenvalue weighted by Crippen LogP contribution is 2.31. The van der Waals surface area contributed by atoms with Gasteiger partial charge in [0.05, 0.1) is 15.8 Å². The number of halogens is 1. The summed E-state index contributed by atoms with van der Waals surface area (Å²) in [6.07, 6.45) is 2.36. The van der Waals surface area contributed by atoms with Crippen LogP contribution in [-0.4, -0.2) is 50.9 Å². The minimum absolute atomic E-state index is 0.216. The average molecular weight is 501 g/mol. The summed E-state index contributed by atoms with van der Waals surface area (Å²) in [6.45, 7) is 7.17.